The molecule has 1 saturated carbocycles. The summed E-state index contributed by atoms with van der Waals surface area (Å²) in [6, 6.07) is 13.7. The summed E-state index contributed by atoms with van der Waals surface area (Å²) in [7, 11) is 0. The number of nitrogens with zero attached hydrogens (tertiary/aromatic N) is 3. The lowest BCUT2D eigenvalue weighted by molar-refractivity contribution is -0.156. The molecular weight excluding hydrogens is 489 g/mol. The van der Waals surface area contributed by atoms with Gasteiger partial charge in [-0.2, -0.15) is 4.98 Å². The number of rotatable bonds is 7. The third kappa shape index (κ3) is 4.87. The summed E-state index contributed by atoms with van der Waals surface area (Å²) in [5, 5.41) is 9.17. The van der Waals surface area contributed by atoms with E-state index >= 15 is 4.39 Å². The van der Waals surface area contributed by atoms with Gasteiger partial charge in [0, 0.05) is 18.8 Å². The highest BCUT2D eigenvalue weighted by molar-refractivity contribution is 5.82. The van der Waals surface area contributed by atoms with Crippen LogP contribution in [0.15, 0.2) is 46.9 Å². The smallest absolute Gasteiger partial charge is 0.306 e. The van der Waals surface area contributed by atoms with Gasteiger partial charge in [0.05, 0.1) is 24.5 Å². The Hall–Kier alpha value is -3.46. The number of aromatic nitrogens is 1. The first-order valence-corrected chi connectivity index (χ1v) is 13.5. The number of para-hydroxylation sites is 1. The van der Waals surface area contributed by atoms with Gasteiger partial charge < -0.3 is 19.2 Å². The van der Waals surface area contributed by atoms with Crippen molar-refractivity contribution >= 4 is 34.7 Å². The van der Waals surface area contributed by atoms with Crippen LogP contribution >= 0.6 is 0 Å². The fraction of sp³-hybridized carbons (Fsp3) is 0.483. The van der Waals surface area contributed by atoms with E-state index in [1.165, 1.54) is 5.56 Å². The number of amides is 1. The molecule has 0 bridgehead atoms. The minimum Gasteiger partial charge on any atom is -0.481 e. The Labute approximate surface area is 220 Å². The molecule has 1 saturated heterocycles. The zero-order valence-electron chi connectivity index (χ0n) is 21.2. The van der Waals surface area contributed by atoms with E-state index in [0.29, 0.717) is 50.2 Å². The molecule has 2 fully saturated rings. The summed E-state index contributed by atoms with van der Waals surface area (Å²) in [5.74, 6) is -1.31. The Balaban J connectivity index is 1.09. The fourth-order valence-electron chi connectivity index (χ4n) is 6.09. The average molecular weight is 522 g/mol. The largest absolute Gasteiger partial charge is 0.481 e. The second-order valence-electron chi connectivity index (χ2n) is 10.6. The van der Waals surface area contributed by atoms with Crippen LogP contribution in [0.25, 0.3) is 11.1 Å². The number of hydrogen-bond acceptors (Lipinski definition) is 6. The number of alkyl halides is 1. The molecule has 2 aliphatic heterocycles. The van der Waals surface area contributed by atoms with Gasteiger partial charge in [-0.05, 0) is 74.3 Å². The van der Waals surface area contributed by atoms with Crippen LogP contribution in [0.3, 0.4) is 0 Å². The number of fused-ring (bicyclic) bond motifs is 2. The quantitative estimate of drug-likeness (QED) is 0.467. The maximum atomic E-state index is 15.2. The predicted molar refractivity (Wildman–Crippen MR) is 139 cm³/mol. The van der Waals surface area contributed by atoms with Crippen molar-refractivity contribution in [1.82, 2.24) is 9.88 Å². The van der Waals surface area contributed by atoms with Gasteiger partial charge in [0.15, 0.2) is 5.58 Å². The molecule has 3 aromatic rings. The number of carbonyl (C=O) groups excluding carboxylic acids is 1. The minimum atomic E-state index is -1.57. The van der Waals surface area contributed by atoms with Crippen molar-refractivity contribution < 1.29 is 28.2 Å². The number of carbonyl (C=O) groups is 2. The molecule has 6 rings (SSSR count). The lowest BCUT2D eigenvalue weighted by Gasteiger charge is -2.32. The highest BCUT2D eigenvalue weighted by Crippen LogP contribution is 2.36. The zero-order valence-corrected chi connectivity index (χ0v) is 21.2. The third-order valence-electron chi connectivity index (χ3n) is 8.18. The maximum Gasteiger partial charge on any atom is 0.306 e. The number of likely N-dealkylation sites (tertiary alicyclic amines) is 1. The van der Waals surface area contributed by atoms with Crippen molar-refractivity contribution in [2.75, 3.05) is 18.0 Å². The summed E-state index contributed by atoms with van der Waals surface area (Å²) in [6.45, 7) is 1.31. The van der Waals surface area contributed by atoms with Crippen LogP contribution in [-0.2, 0) is 27.2 Å². The molecule has 9 heteroatoms. The Morgan fingerprint density at radius 3 is 2.74 bits per heavy atom. The van der Waals surface area contributed by atoms with E-state index in [1.807, 2.05) is 30.3 Å². The molecule has 1 aromatic heterocycles. The van der Waals surface area contributed by atoms with Gasteiger partial charge in [-0.15, -0.1) is 0 Å². The van der Waals surface area contributed by atoms with Crippen LogP contribution in [-0.4, -0.2) is 58.5 Å². The number of halogens is 1. The molecule has 3 aliphatic rings. The SMILES string of the molecule is O=C(O)C1CCC(OC(F)[C@@H]2CCCN2C(=O)Cc2ccc3nc(N4CCc5ccccc54)oc3c2)CC1. The van der Waals surface area contributed by atoms with Crippen LogP contribution in [0, 0.1) is 5.92 Å². The summed E-state index contributed by atoms with van der Waals surface area (Å²) in [6.07, 6.45) is 2.54. The van der Waals surface area contributed by atoms with Crippen molar-refractivity contribution in [3.8, 4) is 0 Å². The molecule has 0 spiro atoms. The fourth-order valence-corrected chi connectivity index (χ4v) is 6.09. The summed E-state index contributed by atoms with van der Waals surface area (Å²) in [4.78, 5) is 32.7. The van der Waals surface area contributed by atoms with Gasteiger partial charge >= 0.3 is 12.0 Å². The van der Waals surface area contributed by atoms with Gasteiger partial charge in [-0.3, -0.25) is 14.5 Å². The predicted octanol–water partition coefficient (Wildman–Crippen LogP) is 5.01. The van der Waals surface area contributed by atoms with Crippen LogP contribution in [0.5, 0.6) is 0 Å². The second kappa shape index (κ2) is 10.4. The second-order valence-corrected chi connectivity index (χ2v) is 10.6. The van der Waals surface area contributed by atoms with E-state index in [2.05, 4.69) is 22.0 Å². The van der Waals surface area contributed by atoms with Crippen molar-refractivity contribution in [1.29, 1.82) is 0 Å². The molecular formula is C29H32FN3O5. The van der Waals surface area contributed by atoms with E-state index in [-0.39, 0.29) is 24.3 Å². The van der Waals surface area contributed by atoms with Crippen molar-refractivity contribution in [2.45, 2.75) is 69.9 Å². The number of hydrogen-bond donors (Lipinski definition) is 1. The minimum absolute atomic E-state index is 0.138. The topological polar surface area (TPSA) is 96.1 Å². The molecule has 200 valence electrons. The average Bonchev–Trinajstić information content (AvgIpc) is 3.66. The monoisotopic (exact) mass is 521 g/mol. The van der Waals surface area contributed by atoms with E-state index in [0.717, 1.165) is 36.2 Å². The Morgan fingerprint density at radius 2 is 1.92 bits per heavy atom. The molecule has 0 radical (unpaired) electrons. The Kier molecular flexibility index (Phi) is 6.78. The van der Waals surface area contributed by atoms with Gasteiger partial charge in [0.2, 0.25) is 12.3 Å². The van der Waals surface area contributed by atoms with Crippen LogP contribution in [0.4, 0.5) is 16.1 Å². The van der Waals surface area contributed by atoms with Crippen LogP contribution in [0.2, 0.25) is 0 Å². The third-order valence-corrected chi connectivity index (χ3v) is 8.18. The number of carboxylic acids is 1. The normalized spacial score (nSPS) is 24.1. The van der Waals surface area contributed by atoms with Gasteiger partial charge in [-0.1, -0.05) is 24.3 Å². The Morgan fingerprint density at radius 1 is 1.11 bits per heavy atom. The number of carboxylic acid groups (broad SMARTS) is 1. The number of oxazole rings is 1. The molecule has 1 amide bonds. The number of aliphatic carboxylic acids is 1. The van der Waals surface area contributed by atoms with Crippen molar-refractivity contribution in [3.63, 3.8) is 0 Å². The highest BCUT2D eigenvalue weighted by Gasteiger charge is 2.38. The van der Waals surface area contributed by atoms with Crippen LogP contribution < -0.4 is 4.90 Å². The van der Waals surface area contributed by atoms with E-state index in [1.54, 1.807) is 4.90 Å². The van der Waals surface area contributed by atoms with E-state index in [4.69, 9.17) is 9.15 Å². The van der Waals surface area contributed by atoms with E-state index in [9.17, 15) is 14.7 Å². The number of ether oxygens (including phenoxy) is 1. The lowest BCUT2D eigenvalue weighted by atomic mass is 9.87. The standard InChI is InChI=1S/C29H32FN3O5/c30-27(37-21-10-8-20(9-11-21)28(35)36)24-6-3-14-32(24)26(34)17-18-7-12-22-25(16-18)38-29(31-22)33-15-13-19-4-1-2-5-23(19)33/h1-2,4-5,7,12,16,20-21,24,27H,3,6,8-11,13-15,17H2,(H,35,36)/t20?,21?,24-,27?/m0/s1. The zero-order chi connectivity index (χ0) is 26.2. The molecule has 2 aromatic carbocycles. The first-order valence-electron chi connectivity index (χ1n) is 13.5. The van der Waals surface area contributed by atoms with Gasteiger partial charge in [-0.25, -0.2) is 4.39 Å². The highest BCUT2D eigenvalue weighted by atomic mass is 19.1. The first-order chi connectivity index (χ1) is 18.5. The summed E-state index contributed by atoms with van der Waals surface area (Å²) < 4.78 is 27.0. The maximum absolute atomic E-state index is 15.2. The van der Waals surface area contributed by atoms with Crippen LogP contribution in [0.1, 0.15) is 49.7 Å². The molecule has 3 heterocycles. The molecule has 1 aliphatic carbocycles. The number of benzene rings is 2. The number of anilines is 2. The van der Waals surface area contributed by atoms with Crippen molar-refractivity contribution in [2.24, 2.45) is 5.92 Å². The molecule has 2 atom stereocenters. The summed E-state index contributed by atoms with van der Waals surface area (Å²) >= 11 is 0. The van der Waals surface area contributed by atoms with Gasteiger partial charge in [0.1, 0.15) is 5.52 Å². The van der Waals surface area contributed by atoms with E-state index < -0.39 is 18.4 Å². The molecule has 8 nitrogen and oxygen atoms in total. The van der Waals surface area contributed by atoms with Crippen molar-refractivity contribution in [3.05, 3.63) is 53.6 Å². The molecule has 1 unspecified atom stereocenters. The van der Waals surface area contributed by atoms with Gasteiger partial charge in [0.25, 0.3) is 0 Å². The lowest BCUT2D eigenvalue weighted by Crippen LogP contribution is -2.44. The Bertz CT molecular complexity index is 1330. The summed E-state index contributed by atoms with van der Waals surface area (Å²) in [5.41, 5.74) is 4.52. The first kappa shape index (κ1) is 24.9. The molecule has 1 N–H and O–H groups in total. The molecule has 38 heavy (non-hydrogen) atoms.